The van der Waals surface area contributed by atoms with Crippen molar-refractivity contribution < 1.29 is 0 Å². The van der Waals surface area contributed by atoms with E-state index in [-0.39, 0.29) is 5.41 Å². The van der Waals surface area contributed by atoms with Crippen LogP contribution >= 0.6 is 11.8 Å². The van der Waals surface area contributed by atoms with Gasteiger partial charge in [-0.1, -0.05) is 45.1 Å². The summed E-state index contributed by atoms with van der Waals surface area (Å²) in [5.74, 6) is 0.694. The van der Waals surface area contributed by atoms with E-state index in [1.54, 1.807) is 0 Å². The second kappa shape index (κ2) is 4.57. The second-order valence-corrected chi connectivity index (χ2v) is 5.94. The Hall–Kier alpha value is -0.170. The molecule has 0 saturated carbocycles. The van der Waals surface area contributed by atoms with E-state index in [4.69, 9.17) is 0 Å². The van der Waals surface area contributed by atoms with E-state index >= 15 is 0 Å². The third-order valence-electron chi connectivity index (χ3n) is 3.70. The molecule has 0 fully saturated rings. The zero-order chi connectivity index (χ0) is 10.8. The van der Waals surface area contributed by atoms with Gasteiger partial charge in [-0.05, 0) is 30.4 Å². The van der Waals surface area contributed by atoms with Crippen LogP contribution in [-0.2, 0) is 0 Å². The van der Waals surface area contributed by atoms with Crippen molar-refractivity contribution in [3.63, 3.8) is 0 Å². The van der Waals surface area contributed by atoms with E-state index < -0.39 is 0 Å². The molecule has 0 aliphatic heterocycles. The average molecular weight is 210 g/mol. The van der Waals surface area contributed by atoms with Crippen LogP contribution in [0, 0.1) is 11.3 Å². The summed E-state index contributed by atoms with van der Waals surface area (Å²) in [6.07, 6.45) is 9.16. The highest BCUT2D eigenvalue weighted by molar-refractivity contribution is 7.99. The Balaban J connectivity index is 2.66. The van der Waals surface area contributed by atoms with E-state index in [9.17, 15) is 0 Å². The normalized spacial score (nSPS) is 20.0. The van der Waals surface area contributed by atoms with Crippen LogP contribution in [0.3, 0.4) is 0 Å². The molecule has 0 heterocycles. The van der Waals surface area contributed by atoms with Gasteiger partial charge in [0.05, 0.1) is 0 Å². The van der Waals surface area contributed by atoms with Crippen LogP contribution in [-0.4, -0.2) is 11.5 Å². The van der Waals surface area contributed by atoms with Gasteiger partial charge in [-0.3, -0.25) is 0 Å². The summed E-state index contributed by atoms with van der Waals surface area (Å²) in [6.45, 7) is 11.3. The van der Waals surface area contributed by atoms with Crippen molar-refractivity contribution in [1.29, 1.82) is 0 Å². The molecule has 0 bridgehead atoms. The fraction of sp³-hybridized carbons (Fsp3) is 0.692. The molecule has 0 aromatic heterocycles. The van der Waals surface area contributed by atoms with Gasteiger partial charge < -0.3 is 0 Å². The molecule has 0 spiro atoms. The molecular weight excluding hydrogens is 188 g/mol. The van der Waals surface area contributed by atoms with Crippen molar-refractivity contribution in [3.05, 3.63) is 24.3 Å². The zero-order valence-corrected chi connectivity index (χ0v) is 10.7. The first-order valence-electron chi connectivity index (χ1n) is 5.37. The van der Waals surface area contributed by atoms with Gasteiger partial charge in [0.1, 0.15) is 0 Å². The first-order chi connectivity index (χ1) is 6.50. The van der Waals surface area contributed by atoms with Gasteiger partial charge in [-0.15, -0.1) is 0 Å². The van der Waals surface area contributed by atoms with E-state index in [2.05, 4.69) is 45.8 Å². The smallest absolute Gasteiger partial charge is 0.0104 e. The first kappa shape index (κ1) is 11.9. The molecule has 0 radical (unpaired) electrons. The third-order valence-corrected chi connectivity index (χ3v) is 4.99. The molecule has 1 unspecified atom stereocenters. The van der Waals surface area contributed by atoms with Gasteiger partial charge in [-0.25, -0.2) is 0 Å². The molecule has 80 valence electrons. The minimum atomic E-state index is 0.260. The molecule has 1 aliphatic carbocycles. The Morgan fingerprint density at radius 1 is 1.43 bits per heavy atom. The largest absolute Gasteiger partial charge is 0.161 e. The Labute approximate surface area is 92.9 Å². The lowest BCUT2D eigenvalue weighted by atomic mass is 9.75. The quantitative estimate of drug-likeness (QED) is 0.624. The molecule has 1 aliphatic rings. The summed E-state index contributed by atoms with van der Waals surface area (Å²) in [5, 5.41) is 0.649. The second-order valence-electron chi connectivity index (χ2n) is 4.76. The van der Waals surface area contributed by atoms with Crippen LogP contribution in [0.2, 0.25) is 0 Å². The summed E-state index contributed by atoms with van der Waals surface area (Å²) >= 11 is 1.94. The van der Waals surface area contributed by atoms with E-state index in [1.807, 2.05) is 11.8 Å². The topological polar surface area (TPSA) is 0 Å². The molecule has 0 saturated heterocycles. The molecule has 0 aromatic carbocycles. The molecule has 0 nitrogen and oxygen atoms in total. The summed E-state index contributed by atoms with van der Waals surface area (Å²) < 4.78 is 0. The van der Waals surface area contributed by atoms with Gasteiger partial charge in [0.2, 0.25) is 0 Å². The molecule has 1 rings (SSSR count). The Bertz CT molecular complexity index is 230. The highest BCUT2D eigenvalue weighted by Crippen LogP contribution is 2.42. The van der Waals surface area contributed by atoms with E-state index in [0.717, 1.165) is 0 Å². The summed E-state index contributed by atoms with van der Waals surface area (Å²) in [5.41, 5.74) is 1.69. The maximum Gasteiger partial charge on any atom is 0.0104 e. The maximum atomic E-state index is 4.32. The Morgan fingerprint density at radius 3 is 2.36 bits per heavy atom. The predicted octanol–water partition coefficient (Wildman–Crippen LogP) is 4.29. The number of allylic oxidation sites excluding steroid dienone is 3. The predicted molar refractivity (Wildman–Crippen MR) is 67.8 cm³/mol. The minimum absolute atomic E-state index is 0.260. The van der Waals surface area contributed by atoms with Crippen LogP contribution in [0.4, 0.5) is 0 Å². The average Bonchev–Trinajstić information content (AvgIpc) is 2.67. The maximum absolute atomic E-state index is 4.32. The summed E-state index contributed by atoms with van der Waals surface area (Å²) in [7, 11) is 0. The Morgan fingerprint density at radius 2 is 1.93 bits per heavy atom. The fourth-order valence-electron chi connectivity index (χ4n) is 1.98. The van der Waals surface area contributed by atoms with Crippen molar-refractivity contribution in [3.8, 4) is 0 Å². The van der Waals surface area contributed by atoms with Gasteiger partial charge in [-0.2, -0.15) is 11.8 Å². The van der Waals surface area contributed by atoms with Gasteiger partial charge in [0, 0.05) is 5.25 Å². The van der Waals surface area contributed by atoms with Crippen molar-refractivity contribution in [2.75, 3.05) is 6.26 Å². The summed E-state index contributed by atoms with van der Waals surface area (Å²) in [4.78, 5) is 0. The van der Waals surface area contributed by atoms with Crippen LogP contribution < -0.4 is 0 Å². The molecule has 0 aromatic rings. The van der Waals surface area contributed by atoms with Gasteiger partial charge in [0.15, 0.2) is 0 Å². The van der Waals surface area contributed by atoms with Gasteiger partial charge in [0.25, 0.3) is 0 Å². The number of hydrogen-bond acceptors (Lipinski definition) is 1. The van der Waals surface area contributed by atoms with Gasteiger partial charge >= 0.3 is 0 Å². The molecule has 0 N–H and O–H groups in total. The van der Waals surface area contributed by atoms with Crippen LogP contribution in [0.15, 0.2) is 24.3 Å². The zero-order valence-electron chi connectivity index (χ0n) is 9.84. The summed E-state index contributed by atoms with van der Waals surface area (Å²) in [6, 6.07) is 0. The molecule has 1 heteroatoms. The van der Waals surface area contributed by atoms with E-state index in [1.165, 1.54) is 18.4 Å². The minimum Gasteiger partial charge on any atom is -0.161 e. The fourth-order valence-corrected chi connectivity index (χ4v) is 2.72. The number of thioether (sulfide) groups is 1. The lowest BCUT2D eigenvalue weighted by Crippen LogP contribution is -2.28. The SMILES string of the molecule is C=C(C1CC=CC1)C(C)(C)C(C)SC. The molecule has 1 atom stereocenters. The van der Waals surface area contributed by atoms with Crippen molar-refractivity contribution in [2.45, 2.75) is 38.9 Å². The van der Waals surface area contributed by atoms with Crippen LogP contribution in [0.1, 0.15) is 33.6 Å². The Kier molecular flexibility index (Phi) is 3.88. The standard InChI is InChI=1S/C13H22S/c1-10(12-8-6-7-9-12)13(3,4)11(2)14-5/h6-7,11-12H,1,8-9H2,2-5H3. The molecule has 14 heavy (non-hydrogen) atoms. The van der Waals surface area contributed by atoms with E-state index in [0.29, 0.717) is 11.2 Å². The highest BCUT2D eigenvalue weighted by atomic mass is 32.2. The van der Waals surface area contributed by atoms with Crippen molar-refractivity contribution >= 4 is 11.8 Å². The molecular formula is C13H22S. The van der Waals surface area contributed by atoms with Crippen LogP contribution in [0.25, 0.3) is 0 Å². The number of hydrogen-bond donors (Lipinski definition) is 0. The van der Waals surface area contributed by atoms with Crippen molar-refractivity contribution in [1.82, 2.24) is 0 Å². The number of rotatable bonds is 4. The highest BCUT2D eigenvalue weighted by Gasteiger charge is 2.32. The third kappa shape index (κ3) is 2.25. The molecule has 0 amide bonds. The first-order valence-corrected chi connectivity index (χ1v) is 6.66. The monoisotopic (exact) mass is 210 g/mol. The van der Waals surface area contributed by atoms with Crippen molar-refractivity contribution in [2.24, 2.45) is 11.3 Å². The lowest BCUT2D eigenvalue weighted by Gasteiger charge is -2.36. The van der Waals surface area contributed by atoms with Crippen LogP contribution in [0.5, 0.6) is 0 Å². The lowest BCUT2D eigenvalue weighted by molar-refractivity contribution is 0.390.